The maximum absolute atomic E-state index is 5.85. The molecule has 0 aromatic heterocycles. The zero-order valence-corrected chi connectivity index (χ0v) is 12.6. The van der Waals surface area contributed by atoms with Gasteiger partial charge in [-0.3, -0.25) is 0 Å². The molecule has 0 radical (unpaired) electrons. The molecule has 1 atom stereocenters. The van der Waals surface area contributed by atoms with Crippen molar-refractivity contribution in [3.63, 3.8) is 0 Å². The Kier molecular flexibility index (Phi) is 8.01. The van der Waals surface area contributed by atoms with Crippen LogP contribution in [0.4, 0.5) is 0 Å². The van der Waals surface area contributed by atoms with Crippen molar-refractivity contribution in [2.75, 3.05) is 33.3 Å². The van der Waals surface area contributed by atoms with E-state index in [-0.39, 0.29) is 0 Å². The van der Waals surface area contributed by atoms with Crippen LogP contribution in [0.5, 0.6) is 0 Å². The van der Waals surface area contributed by atoms with Gasteiger partial charge in [0.1, 0.15) is 0 Å². The van der Waals surface area contributed by atoms with Gasteiger partial charge in [0.2, 0.25) is 0 Å². The first-order valence-corrected chi connectivity index (χ1v) is 6.75. The van der Waals surface area contributed by atoms with Gasteiger partial charge in [-0.05, 0) is 45.2 Å². The lowest BCUT2D eigenvalue weighted by molar-refractivity contribution is 0.0601. The van der Waals surface area contributed by atoms with E-state index in [4.69, 9.17) is 10.5 Å². The topological polar surface area (TPSA) is 38.5 Å². The van der Waals surface area contributed by atoms with Crippen molar-refractivity contribution in [3.05, 3.63) is 0 Å². The molecular weight excluding hydrogens is 212 g/mol. The van der Waals surface area contributed by atoms with Gasteiger partial charge in [-0.2, -0.15) is 0 Å². The summed E-state index contributed by atoms with van der Waals surface area (Å²) < 4.78 is 5.56. The van der Waals surface area contributed by atoms with Crippen molar-refractivity contribution in [2.45, 2.75) is 47.1 Å². The molecule has 0 saturated heterocycles. The number of ether oxygens (including phenoxy) is 1. The molecule has 2 N–H and O–H groups in total. The van der Waals surface area contributed by atoms with Crippen LogP contribution in [0.15, 0.2) is 0 Å². The van der Waals surface area contributed by atoms with Crippen molar-refractivity contribution in [1.82, 2.24) is 4.90 Å². The number of rotatable bonds is 8. The molecule has 0 spiro atoms. The standard InChI is InChI=1S/C14H32N2O/c1-12(2)17-8-7-16(6)11-13(10-15)9-14(3,4)5/h12-13H,7-11,15H2,1-6H3. The van der Waals surface area contributed by atoms with E-state index in [1.165, 1.54) is 6.42 Å². The molecular formula is C14H32N2O. The minimum absolute atomic E-state index is 0.322. The zero-order valence-electron chi connectivity index (χ0n) is 12.6. The van der Waals surface area contributed by atoms with Crippen LogP contribution in [-0.2, 0) is 4.74 Å². The van der Waals surface area contributed by atoms with Gasteiger partial charge < -0.3 is 15.4 Å². The molecule has 0 fully saturated rings. The SMILES string of the molecule is CC(C)OCCN(C)CC(CN)CC(C)(C)C. The van der Waals surface area contributed by atoms with Crippen LogP contribution >= 0.6 is 0 Å². The Morgan fingerprint density at radius 1 is 1.24 bits per heavy atom. The number of nitrogens with two attached hydrogens (primary N) is 1. The van der Waals surface area contributed by atoms with Gasteiger partial charge in [-0.1, -0.05) is 20.8 Å². The second kappa shape index (κ2) is 8.06. The summed E-state index contributed by atoms with van der Waals surface area (Å²) in [4.78, 5) is 2.33. The largest absolute Gasteiger partial charge is 0.377 e. The van der Waals surface area contributed by atoms with E-state index in [0.717, 1.165) is 26.2 Å². The molecule has 0 amide bonds. The Morgan fingerprint density at radius 3 is 2.24 bits per heavy atom. The van der Waals surface area contributed by atoms with Crippen LogP contribution in [0.1, 0.15) is 41.0 Å². The molecule has 0 aromatic carbocycles. The van der Waals surface area contributed by atoms with E-state index in [2.05, 4.69) is 46.6 Å². The summed E-state index contributed by atoms with van der Waals surface area (Å²) in [7, 11) is 2.15. The monoisotopic (exact) mass is 244 g/mol. The highest BCUT2D eigenvalue weighted by molar-refractivity contribution is 4.72. The van der Waals surface area contributed by atoms with E-state index in [9.17, 15) is 0 Å². The molecule has 0 aliphatic rings. The Labute approximate surface area is 108 Å². The van der Waals surface area contributed by atoms with Crippen LogP contribution in [0.3, 0.4) is 0 Å². The lowest BCUT2D eigenvalue weighted by atomic mass is 9.84. The summed E-state index contributed by atoms with van der Waals surface area (Å²) in [5, 5.41) is 0. The fourth-order valence-corrected chi connectivity index (χ4v) is 2.06. The number of nitrogens with zero attached hydrogens (tertiary/aromatic N) is 1. The van der Waals surface area contributed by atoms with Crippen molar-refractivity contribution < 1.29 is 4.74 Å². The molecule has 0 aliphatic heterocycles. The second-order valence-corrected chi connectivity index (χ2v) is 6.55. The van der Waals surface area contributed by atoms with Gasteiger partial charge >= 0.3 is 0 Å². The number of likely N-dealkylation sites (N-methyl/N-ethyl adjacent to an activating group) is 1. The van der Waals surface area contributed by atoms with Crippen molar-refractivity contribution in [1.29, 1.82) is 0 Å². The minimum atomic E-state index is 0.322. The second-order valence-electron chi connectivity index (χ2n) is 6.55. The first-order chi connectivity index (χ1) is 7.74. The lowest BCUT2D eigenvalue weighted by Gasteiger charge is -2.28. The third-order valence-corrected chi connectivity index (χ3v) is 2.73. The Hall–Kier alpha value is -0.120. The van der Waals surface area contributed by atoms with Crippen LogP contribution in [-0.4, -0.2) is 44.3 Å². The number of hydrogen-bond acceptors (Lipinski definition) is 3. The summed E-state index contributed by atoms with van der Waals surface area (Å²) in [6.07, 6.45) is 1.50. The normalized spacial score (nSPS) is 14.6. The molecule has 0 heterocycles. The molecule has 17 heavy (non-hydrogen) atoms. The third kappa shape index (κ3) is 10.7. The predicted molar refractivity (Wildman–Crippen MR) is 75.2 cm³/mol. The summed E-state index contributed by atoms with van der Waals surface area (Å²) in [5.74, 6) is 0.582. The molecule has 0 aromatic rings. The Balaban J connectivity index is 3.86. The predicted octanol–water partition coefficient (Wildman–Crippen LogP) is 2.35. The highest BCUT2D eigenvalue weighted by Gasteiger charge is 2.18. The van der Waals surface area contributed by atoms with Crippen molar-refractivity contribution in [3.8, 4) is 0 Å². The van der Waals surface area contributed by atoms with E-state index >= 15 is 0 Å². The molecule has 3 nitrogen and oxygen atoms in total. The lowest BCUT2D eigenvalue weighted by Crippen LogP contribution is -2.34. The maximum Gasteiger partial charge on any atom is 0.0596 e. The van der Waals surface area contributed by atoms with Gasteiger partial charge in [-0.15, -0.1) is 0 Å². The molecule has 0 saturated carbocycles. The minimum Gasteiger partial charge on any atom is -0.377 e. The van der Waals surface area contributed by atoms with Gasteiger partial charge in [0, 0.05) is 13.1 Å². The number of hydrogen-bond donors (Lipinski definition) is 1. The van der Waals surface area contributed by atoms with Gasteiger partial charge in [0.05, 0.1) is 12.7 Å². The molecule has 104 valence electrons. The molecule has 0 aliphatic carbocycles. The van der Waals surface area contributed by atoms with E-state index in [1.807, 2.05) is 0 Å². The van der Waals surface area contributed by atoms with Crippen LogP contribution in [0, 0.1) is 11.3 Å². The first kappa shape index (κ1) is 16.9. The van der Waals surface area contributed by atoms with Crippen LogP contribution < -0.4 is 5.73 Å². The molecule has 1 unspecified atom stereocenters. The Morgan fingerprint density at radius 2 is 1.82 bits per heavy atom. The highest BCUT2D eigenvalue weighted by atomic mass is 16.5. The average molecular weight is 244 g/mol. The average Bonchev–Trinajstić information content (AvgIpc) is 2.13. The van der Waals surface area contributed by atoms with Crippen LogP contribution in [0.2, 0.25) is 0 Å². The third-order valence-electron chi connectivity index (χ3n) is 2.73. The zero-order chi connectivity index (χ0) is 13.5. The molecule has 0 bridgehead atoms. The summed E-state index contributed by atoms with van der Waals surface area (Å²) in [6, 6.07) is 0. The summed E-state index contributed by atoms with van der Waals surface area (Å²) >= 11 is 0. The molecule has 0 rings (SSSR count). The molecule has 3 heteroatoms. The van der Waals surface area contributed by atoms with E-state index in [0.29, 0.717) is 17.4 Å². The smallest absolute Gasteiger partial charge is 0.0596 e. The fraction of sp³-hybridized carbons (Fsp3) is 1.00. The highest BCUT2D eigenvalue weighted by Crippen LogP contribution is 2.24. The van der Waals surface area contributed by atoms with E-state index < -0.39 is 0 Å². The van der Waals surface area contributed by atoms with E-state index in [1.54, 1.807) is 0 Å². The fourth-order valence-electron chi connectivity index (χ4n) is 2.06. The van der Waals surface area contributed by atoms with Crippen molar-refractivity contribution in [2.24, 2.45) is 17.1 Å². The van der Waals surface area contributed by atoms with Gasteiger partial charge in [0.25, 0.3) is 0 Å². The van der Waals surface area contributed by atoms with Crippen LogP contribution in [0.25, 0.3) is 0 Å². The summed E-state index contributed by atoms with van der Waals surface area (Å²) in [6.45, 7) is 14.6. The maximum atomic E-state index is 5.85. The Bertz CT molecular complexity index is 187. The summed E-state index contributed by atoms with van der Waals surface area (Å²) in [5.41, 5.74) is 6.21. The first-order valence-electron chi connectivity index (χ1n) is 6.75. The van der Waals surface area contributed by atoms with Gasteiger partial charge in [-0.25, -0.2) is 0 Å². The van der Waals surface area contributed by atoms with Crippen molar-refractivity contribution >= 4 is 0 Å². The quantitative estimate of drug-likeness (QED) is 0.712. The van der Waals surface area contributed by atoms with Gasteiger partial charge in [0.15, 0.2) is 0 Å².